The van der Waals surface area contributed by atoms with Gasteiger partial charge in [-0.2, -0.15) is 0 Å². The Morgan fingerprint density at radius 1 is 1.25 bits per heavy atom. The van der Waals surface area contributed by atoms with Gasteiger partial charge in [0.2, 0.25) is 0 Å². The lowest BCUT2D eigenvalue weighted by molar-refractivity contribution is -0.120. The minimum Gasteiger partial charge on any atom is -0.295 e. The van der Waals surface area contributed by atoms with Gasteiger partial charge in [-0.3, -0.25) is 4.79 Å². The van der Waals surface area contributed by atoms with Crippen molar-refractivity contribution in [2.75, 3.05) is 0 Å². The van der Waals surface area contributed by atoms with E-state index in [1.165, 1.54) is 6.42 Å². The van der Waals surface area contributed by atoms with Crippen LogP contribution in [0.15, 0.2) is 24.3 Å². The summed E-state index contributed by atoms with van der Waals surface area (Å²) in [5, 5.41) is 0. The molecule has 3 aliphatic rings. The first-order chi connectivity index (χ1) is 5.86. The Balaban J connectivity index is 2.03. The van der Waals surface area contributed by atoms with Gasteiger partial charge in [-0.05, 0) is 36.7 Å². The van der Waals surface area contributed by atoms with Crippen LogP contribution in [0.2, 0.25) is 0 Å². The maximum Gasteiger partial charge on any atom is 0.159 e. The van der Waals surface area contributed by atoms with Crippen LogP contribution in [0.1, 0.15) is 12.8 Å². The van der Waals surface area contributed by atoms with E-state index in [1.807, 2.05) is 0 Å². The zero-order valence-corrected chi connectivity index (χ0v) is 6.94. The average molecular weight is 160 g/mol. The molecule has 0 spiro atoms. The van der Waals surface area contributed by atoms with Gasteiger partial charge in [0.15, 0.2) is 5.78 Å². The summed E-state index contributed by atoms with van der Waals surface area (Å²) in [6, 6.07) is 0. The molecule has 1 nitrogen and oxygen atoms in total. The average Bonchev–Trinajstić information content (AvgIpc) is 2.64. The van der Waals surface area contributed by atoms with Gasteiger partial charge in [-0.25, -0.2) is 0 Å². The number of fused-ring (bicyclic) bond motifs is 5. The van der Waals surface area contributed by atoms with E-state index in [0.717, 1.165) is 6.42 Å². The van der Waals surface area contributed by atoms with Crippen molar-refractivity contribution in [3.8, 4) is 0 Å². The molecule has 0 unspecified atom stereocenters. The fourth-order valence-electron chi connectivity index (χ4n) is 3.12. The molecule has 2 bridgehead atoms. The summed E-state index contributed by atoms with van der Waals surface area (Å²) < 4.78 is 0. The van der Waals surface area contributed by atoms with Gasteiger partial charge < -0.3 is 0 Å². The maximum atomic E-state index is 11.5. The molecule has 62 valence electrons. The van der Waals surface area contributed by atoms with Crippen molar-refractivity contribution in [3.63, 3.8) is 0 Å². The Hall–Kier alpha value is -0.850. The Morgan fingerprint density at radius 3 is 2.92 bits per heavy atom. The van der Waals surface area contributed by atoms with Crippen LogP contribution in [-0.4, -0.2) is 5.78 Å². The Morgan fingerprint density at radius 2 is 2.08 bits per heavy atom. The Kier molecular flexibility index (Phi) is 1.16. The molecular weight excluding hydrogens is 148 g/mol. The largest absolute Gasteiger partial charge is 0.295 e. The number of hydrogen-bond donors (Lipinski definition) is 0. The molecule has 12 heavy (non-hydrogen) atoms. The third kappa shape index (κ3) is 0.669. The number of carbonyl (C=O) groups excluding carboxylic acids is 1. The molecule has 0 radical (unpaired) electrons. The molecule has 0 aromatic rings. The minimum absolute atomic E-state index is 0.352. The molecule has 0 aromatic carbocycles. The van der Waals surface area contributed by atoms with Crippen LogP contribution in [0.5, 0.6) is 0 Å². The molecule has 0 aromatic heterocycles. The molecular formula is C11H12O. The predicted octanol–water partition coefficient (Wildman–Crippen LogP) is 1.95. The summed E-state index contributed by atoms with van der Waals surface area (Å²) >= 11 is 0. The highest BCUT2D eigenvalue weighted by Gasteiger charge is 2.47. The standard InChI is InChI=1S/C11H12O/c12-10-3-1-2-9-7-4-5-8(6-7)11(9)10/h1,3-5,7-9,11H,2,6H2/t7-,8-,9+,11+/m0/s1. The number of hydrogen-bond acceptors (Lipinski definition) is 1. The van der Waals surface area contributed by atoms with E-state index in [-0.39, 0.29) is 0 Å². The van der Waals surface area contributed by atoms with Gasteiger partial charge in [0.1, 0.15) is 0 Å². The van der Waals surface area contributed by atoms with E-state index >= 15 is 0 Å². The quantitative estimate of drug-likeness (QED) is 0.495. The summed E-state index contributed by atoms with van der Waals surface area (Å²) in [4.78, 5) is 11.5. The molecule has 0 aliphatic heterocycles. The Labute approximate surface area is 72.2 Å². The van der Waals surface area contributed by atoms with Crippen LogP contribution in [-0.2, 0) is 4.79 Å². The van der Waals surface area contributed by atoms with Crippen LogP contribution >= 0.6 is 0 Å². The van der Waals surface area contributed by atoms with Gasteiger partial charge in [0.05, 0.1) is 0 Å². The van der Waals surface area contributed by atoms with Crippen molar-refractivity contribution >= 4 is 5.78 Å². The predicted molar refractivity (Wildman–Crippen MR) is 46.5 cm³/mol. The molecule has 1 saturated carbocycles. The van der Waals surface area contributed by atoms with E-state index < -0.39 is 0 Å². The van der Waals surface area contributed by atoms with Crippen molar-refractivity contribution in [2.24, 2.45) is 23.7 Å². The topological polar surface area (TPSA) is 17.1 Å². The van der Waals surface area contributed by atoms with Crippen molar-refractivity contribution in [3.05, 3.63) is 24.3 Å². The van der Waals surface area contributed by atoms with E-state index in [0.29, 0.717) is 29.5 Å². The third-order valence-corrected chi connectivity index (χ3v) is 3.64. The van der Waals surface area contributed by atoms with E-state index in [2.05, 4.69) is 18.2 Å². The molecule has 0 N–H and O–H groups in total. The monoisotopic (exact) mass is 160 g/mol. The molecule has 1 fully saturated rings. The second kappa shape index (κ2) is 2.09. The number of rotatable bonds is 0. The van der Waals surface area contributed by atoms with Crippen molar-refractivity contribution in [2.45, 2.75) is 12.8 Å². The van der Waals surface area contributed by atoms with Gasteiger partial charge >= 0.3 is 0 Å². The third-order valence-electron chi connectivity index (χ3n) is 3.64. The minimum atomic E-state index is 0.352. The summed E-state index contributed by atoms with van der Waals surface area (Å²) in [7, 11) is 0. The highest BCUT2D eigenvalue weighted by atomic mass is 16.1. The lowest BCUT2D eigenvalue weighted by Gasteiger charge is -2.27. The second-order valence-corrected chi connectivity index (χ2v) is 4.18. The van der Waals surface area contributed by atoms with Crippen molar-refractivity contribution in [1.29, 1.82) is 0 Å². The second-order valence-electron chi connectivity index (χ2n) is 4.18. The van der Waals surface area contributed by atoms with Gasteiger partial charge in [0, 0.05) is 5.92 Å². The molecule has 1 heteroatoms. The zero-order valence-electron chi connectivity index (χ0n) is 6.94. The van der Waals surface area contributed by atoms with E-state index in [1.54, 1.807) is 6.08 Å². The van der Waals surface area contributed by atoms with Crippen LogP contribution < -0.4 is 0 Å². The number of ketones is 1. The van der Waals surface area contributed by atoms with Crippen molar-refractivity contribution in [1.82, 2.24) is 0 Å². The normalized spacial score (nSPS) is 48.5. The number of allylic oxidation sites excluding steroid dienone is 4. The van der Waals surface area contributed by atoms with E-state index in [9.17, 15) is 4.79 Å². The lowest BCUT2D eigenvalue weighted by Crippen LogP contribution is -2.28. The first-order valence-corrected chi connectivity index (χ1v) is 4.75. The fraction of sp³-hybridized carbons (Fsp3) is 0.545. The van der Waals surface area contributed by atoms with Gasteiger partial charge in [-0.15, -0.1) is 0 Å². The smallest absolute Gasteiger partial charge is 0.159 e. The lowest BCUT2D eigenvalue weighted by atomic mass is 9.76. The van der Waals surface area contributed by atoms with E-state index in [4.69, 9.17) is 0 Å². The first-order valence-electron chi connectivity index (χ1n) is 4.75. The molecule has 0 heterocycles. The van der Waals surface area contributed by atoms with Gasteiger partial charge in [-0.1, -0.05) is 18.2 Å². The molecule has 0 saturated heterocycles. The molecule has 3 aliphatic carbocycles. The first kappa shape index (κ1) is 6.64. The zero-order chi connectivity index (χ0) is 8.13. The highest BCUT2D eigenvalue weighted by molar-refractivity contribution is 5.93. The van der Waals surface area contributed by atoms with Crippen LogP contribution in [0.3, 0.4) is 0 Å². The molecule has 3 rings (SSSR count). The van der Waals surface area contributed by atoms with Crippen LogP contribution in [0, 0.1) is 23.7 Å². The fourth-order valence-corrected chi connectivity index (χ4v) is 3.12. The van der Waals surface area contributed by atoms with Crippen molar-refractivity contribution < 1.29 is 4.79 Å². The maximum absolute atomic E-state index is 11.5. The summed E-state index contributed by atoms with van der Waals surface area (Å²) in [6.07, 6.45) is 10.8. The summed E-state index contributed by atoms with van der Waals surface area (Å²) in [6.45, 7) is 0. The summed E-state index contributed by atoms with van der Waals surface area (Å²) in [5.74, 6) is 2.68. The van der Waals surface area contributed by atoms with Gasteiger partial charge in [0.25, 0.3) is 0 Å². The summed E-state index contributed by atoms with van der Waals surface area (Å²) in [5.41, 5.74) is 0. The number of carbonyl (C=O) groups is 1. The van der Waals surface area contributed by atoms with Crippen LogP contribution in [0.4, 0.5) is 0 Å². The SMILES string of the molecule is O=C1C=CC[C@H]2[C@H]1[C@H]1C=C[C@H]2C1. The highest BCUT2D eigenvalue weighted by Crippen LogP contribution is 2.51. The van der Waals surface area contributed by atoms with Crippen LogP contribution in [0.25, 0.3) is 0 Å². The molecule has 0 amide bonds. The molecule has 4 atom stereocenters. The Bertz CT molecular complexity index is 287.